The van der Waals surface area contributed by atoms with Crippen molar-refractivity contribution in [1.82, 2.24) is 9.21 Å². The molecule has 1 aliphatic heterocycles. The number of anilines is 1. The predicted molar refractivity (Wildman–Crippen MR) is 133 cm³/mol. The summed E-state index contributed by atoms with van der Waals surface area (Å²) < 4.78 is 32.5. The second-order valence-corrected chi connectivity index (χ2v) is 10.3. The Labute approximate surface area is 201 Å². The van der Waals surface area contributed by atoms with E-state index in [1.807, 2.05) is 55.5 Å². The number of amides is 1. The number of carbonyl (C=O) groups is 1. The summed E-state index contributed by atoms with van der Waals surface area (Å²) >= 11 is 0. The van der Waals surface area contributed by atoms with Crippen molar-refractivity contribution in [2.45, 2.75) is 18.4 Å². The second kappa shape index (κ2) is 10.4. The molecule has 1 fully saturated rings. The van der Waals surface area contributed by atoms with Gasteiger partial charge in [-0.15, -0.1) is 0 Å². The summed E-state index contributed by atoms with van der Waals surface area (Å²) in [6, 6.07) is 21.7. The molecule has 0 unspecified atom stereocenters. The Morgan fingerprint density at radius 3 is 2.26 bits per heavy atom. The lowest BCUT2D eigenvalue weighted by molar-refractivity contribution is 0.102. The van der Waals surface area contributed by atoms with E-state index >= 15 is 0 Å². The molecule has 1 amide bonds. The van der Waals surface area contributed by atoms with Crippen molar-refractivity contribution in [1.29, 1.82) is 0 Å². The Balaban J connectivity index is 1.33. The molecule has 7 nitrogen and oxygen atoms in total. The summed E-state index contributed by atoms with van der Waals surface area (Å²) in [5, 5.41) is 2.92. The highest BCUT2D eigenvalue weighted by Gasteiger charge is 2.28. The van der Waals surface area contributed by atoms with Crippen LogP contribution in [-0.4, -0.2) is 56.8 Å². The lowest BCUT2D eigenvalue weighted by atomic mass is 10.1. The third-order valence-electron chi connectivity index (χ3n) is 5.94. The van der Waals surface area contributed by atoms with Crippen LogP contribution in [0.1, 0.15) is 21.5 Å². The van der Waals surface area contributed by atoms with Crippen LogP contribution >= 0.6 is 0 Å². The SMILES string of the molecule is COc1ccc(C)cc1NC(=O)c1ccc(CN2CCN(S(=O)(=O)c3ccccc3)CC2)cc1. The number of hydrogen-bond acceptors (Lipinski definition) is 5. The lowest BCUT2D eigenvalue weighted by Crippen LogP contribution is -2.48. The number of hydrogen-bond donors (Lipinski definition) is 1. The van der Waals surface area contributed by atoms with E-state index in [1.54, 1.807) is 35.7 Å². The van der Waals surface area contributed by atoms with E-state index in [0.29, 0.717) is 54.6 Å². The van der Waals surface area contributed by atoms with Crippen molar-refractivity contribution < 1.29 is 17.9 Å². The normalized spacial score (nSPS) is 15.1. The van der Waals surface area contributed by atoms with E-state index in [1.165, 1.54) is 0 Å². The van der Waals surface area contributed by atoms with Crippen molar-refractivity contribution in [2.24, 2.45) is 0 Å². The molecule has 0 atom stereocenters. The first kappa shape index (κ1) is 23.9. The highest BCUT2D eigenvalue weighted by Crippen LogP contribution is 2.26. The number of benzene rings is 3. The Hall–Kier alpha value is -3.20. The van der Waals surface area contributed by atoms with Gasteiger partial charge in [0.2, 0.25) is 10.0 Å². The quantitative estimate of drug-likeness (QED) is 0.558. The minimum Gasteiger partial charge on any atom is -0.495 e. The Morgan fingerprint density at radius 1 is 0.941 bits per heavy atom. The van der Waals surface area contributed by atoms with E-state index in [-0.39, 0.29) is 5.91 Å². The van der Waals surface area contributed by atoms with Gasteiger partial charge >= 0.3 is 0 Å². The number of piperazine rings is 1. The van der Waals surface area contributed by atoms with Gasteiger partial charge in [0.15, 0.2) is 0 Å². The molecular weight excluding hydrogens is 450 g/mol. The van der Waals surface area contributed by atoms with Crippen molar-refractivity contribution in [3.05, 3.63) is 89.5 Å². The molecule has 3 aromatic rings. The third-order valence-corrected chi connectivity index (χ3v) is 7.85. The van der Waals surface area contributed by atoms with Gasteiger partial charge in [-0.2, -0.15) is 4.31 Å². The first-order valence-corrected chi connectivity index (χ1v) is 12.6. The Morgan fingerprint density at radius 2 is 1.62 bits per heavy atom. The summed E-state index contributed by atoms with van der Waals surface area (Å²) in [6.07, 6.45) is 0. The van der Waals surface area contributed by atoms with E-state index in [9.17, 15) is 13.2 Å². The molecule has 0 spiro atoms. The molecule has 1 N–H and O–H groups in total. The highest BCUT2D eigenvalue weighted by atomic mass is 32.2. The molecule has 8 heteroatoms. The maximum absolute atomic E-state index is 12.8. The van der Waals surface area contributed by atoms with Crippen LogP contribution in [0.25, 0.3) is 0 Å². The van der Waals surface area contributed by atoms with Gasteiger partial charge in [0.1, 0.15) is 5.75 Å². The number of nitrogens with zero attached hydrogens (tertiary/aromatic N) is 2. The molecule has 0 saturated carbocycles. The van der Waals surface area contributed by atoms with Gasteiger partial charge in [0.05, 0.1) is 17.7 Å². The van der Waals surface area contributed by atoms with Gasteiger partial charge in [0, 0.05) is 38.3 Å². The molecule has 1 aliphatic rings. The fourth-order valence-electron chi connectivity index (χ4n) is 4.00. The predicted octanol–water partition coefficient (Wildman–Crippen LogP) is 3.76. The summed E-state index contributed by atoms with van der Waals surface area (Å²) in [7, 11) is -1.88. The van der Waals surface area contributed by atoms with Crippen LogP contribution in [0.2, 0.25) is 0 Å². The van der Waals surface area contributed by atoms with Crippen molar-refractivity contribution in [3.63, 3.8) is 0 Å². The second-order valence-electron chi connectivity index (χ2n) is 8.35. The molecule has 0 aromatic heterocycles. The van der Waals surface area contributed by atoms with Gasteiger partial charge in [-0.05, 0) is 54.4 Å². The smallest absolute Gasteiger partial charge is 0.255 e. The fraction of sp³-hybridized carbons (Fsp3) is 0.269. The van der Waals surface area contributed by atoms with Gasteiger partial charge in [0.25, 0.3) is 5.91 Å². The number of aryl methyl sites for hydroxylation is 1. The Bertz CT molecular complexity index is 1240. The van der Waals surface area contributed by atoms with Gasteiger partial charge < -0.3 is 10.1 Å². The van der Waals surface area contributed by atoms with Crippen LogP contribution in [0.15, 0.2) is 77.7 Å². The van der Waals surface area contributed by atoms with Crippen LogP contribution in [0.4, 0.5) is 5.69 Å². The van der Waals surface area contributed by atoms with Crippen LogP contribution in [0.5, 0.6) is 5.75 Å². The minimum atomic E-state index is -3.45. The largest absolute Gasteiger partial charge is 0.495 e. The average molecular weight is 480 g/mol. The topological polar surface area (TPSA) is 79.0 Å². The maximum atomic E-state index is 12.8. The summed E-state index contributed by atoms with van der Waals surface area (Å²) in [4.78, 5) is 15.3. The van der Waals surface area contributed by atoms with Crippen molar-refractivity contribution in [2.75, 3.05) is 38.6 Å². The van der Waals surface area contributed by atoms with Gasteiger partial charge in [-0.3, -0.25) is 9.69 Å². The first-order chi connectivity index (χ1) is 16.4. The number of ether oxygens (including phenoxy) is 1. The monoisotopic (exact) mass is 479 g/mol. The van der Waals surface area contributed by atoms with Crippen LogP contribution in [0.3, 0.4) is 0 Å². The molecular formula is C26H29N3O4S. The number of nitrogens with one attached hydrogen (secondary N) is 1. The molecule has 178 valence electrons. The van der Waals surface area contributed by atoms with E-state index in [0.717, 1.165) is 11.1 Å². The summed E-state index contributed by atoms with van der Waals surface area (Å²) in [5.74, 6) is 0.416. The molecule has 3 aromatic carbocycles. The lowest BCUT2D eigenvalue weighted by Gasteiger charge is -2.34. The molecule has 0 bridgehead atoms. The summed E-state index contributed by atoms with van der Waals surface area (Å²) in [5.41, 5.74) is 3.30. The van der Waals surface area contributed by atoms with E-state index in [4.69, 9.17) is 4.74 Å². The van der Waals surface area contributed by atoms with Gasteiger partial charge in [-0.25, -0.2) is 8.42 Å². The molecule has 1 saturated heterocycles. The molecule has 4 rings (SSSR count). The number of sulfonamides is 1. The Kier molecular flexibility index (Phi) is 7.31. The van der Waals surface area contributed by atoms with E-state index < -0.39 is 10.0 Å². The fourth-order valence-corrected chi connectivity index (χ4v) is 5.45. The van der Waals surface area contributed by atoms with Crippen LogP contribution in [0, 0.1) is 6.92 Å². The minimum absolute atomic E-state index is 0.199. The number of rotatable bonds is 7. The third kappa shape index (κ3) is 5.47. The zero-order valence-electron chi connectivity index (χ0n) is 19.4. The zero-order valence-corrected chi connectivity index (χ0v) is 20.2. The molecule has 1 heterocycles. The van der Waals surface area contributed by atoms with Crippen LogP contribution in [-0.2, 0) is 16.6 Å². The van der Waals surface area contributed by atoms with Crippen LogP contribution < -0.4 is 10.1 Å². The highest BCUT2D eigenvalue weighted by molar-refractivity contribution is 7.89. The van der Waals surface area contributed by atoms with Crippen molar-refractivity contribution in [3.8, 4) is 5.75 Å². The van der Waals surface area contributed by atoms with E-state index in [2.05, 4.69) is 10.2 Å². The van der Waals surface area contributed by atoms with Crippen molar-refractivity contribution >= 4 is 21.6 Å². The standard InChI is InChI=1S/C26H29N3O4S/c1-20-8-13-25(33-2)24(18-20)27-26(30)22-11-9-21(10-12-22)19-28-14-16-29(17-15-28)34(31,32)23-6-4-3-5-7-23/h3-13,18H,14-17,19H2,1-2H3,(H,27,30). The van der Waals surface area contributed by atoms with Gasteiger partial charge in [-0.1, -0.05) is 36.4 Å². The average Bonchev–Trinajstić information content (AvgIpc) is 2.85. The molecule has 0 radical (unpaired) electrons. The molecule has 0 aliphatic carbocycles. The molecule has 34 heavy (non-hydrogen) atoms. The number of carbonyl (C=O) groups excluding carboxylic acids is 1. The summed E-state index contributed by atoms with van der Waals surface area (Å²) in [6.45, 7) is 4.88. The number of methoxy groups -OCH3 is 1. The first-order valence-electron chi connectivity index (χ1n) is 11.2. The zero-order chi connectivity index (χ0) is 24.1. The maximum Gasteiger partial charge on any atom is 0.255 e.